The Morgan fingerprint density at radius 1 is 1.29 bits per heavy atom. The molecule has 0 spiro atoms. The molecule has 1 aromatic rings. The first kappa shape index (κ1) is 13.7. The standard InChI is InChI=1S/C11H15NO4S/c1-17(15,16)12(9-11(13)14)8-7-10-5-3-2-4-6-10/h2-6H,7-9H2,1H3,(H,13,14)/p-1. The van der Waals surface area contributed by atoms with Crippen LogP contribution >= 0.6 is 0 Å². The van der Waals surface area contributed by atoms with Gasteiger partial charge in [0.25, 0.3) is 0 Å². The van der Waals surface area contributed by atoms with Gasteiger partial charge >= 0.3 is 0 Å². The van der Waals surface area contributed by atoms with Crippen LogP contribution in [0, 0.1) is 0 Å². The molecule has 0 unspecified atom stereocenters. The zero-order chi connectivity index (χ0) is 12.9. The Labute approximate surface area is 101 Å². The Hall–Kier alpha value is -1.40. The SMILES string of the molecule is CS(=O)(=O)N(CCc1ccccc1)CC(=O)[O-]. The smallest absolute Gasteiger partial charge is 0.211 e. The summed E-state index contributed by atoms with van der Waals surface area (Å²) in [5.74, 6) is -1.40. The highest BCUT2D eigenvalue weighted by atomic mass is 32.2. The molecule has 0 heterocycles. The van der Waals surface area contributed by atoms with Crippen LogP contribution in [0.25, 0.3) is 0 Å². The van der Waals surface area contributed by atoms with Gasteiger partial charge in [-0.3, -0.25) is 0 Å². The molecule has 0 aliphatic carbocycles. The van der Waals surface area contributed by atoms with Gasteiger partial charge in [-0.15, -0.1) is 0 Å². The molecule has 0 atom stereocenters. The highest BCUT2D eigenvalue weighted by Gasteiger charge is 2.16. The summed E-state index contributed by atoms with van der Waals surface area (Å²) in [6.07, 6.45) is 1.46. The summed E-state index contributed by atoms with van der Waals surface area (Å²) in [5, 5.41) is 10.5. The predicted molar refractivity (Wildman–Crippen MR) is 61.6 cm³/mol. The monoisotopic (exact) mass is 256 g/mol. The van der Waals surface area contributed by atoms with E-state index in [9.17, 15) is 18.3 Å². The number of hydrogen-bond donors (Lipinski definition) is 0. The normalized spacial score (nSPS) is 11.6. The molecule has 0 radical (unpaired) electrons. The van der Waals surface area contributed by atoms with Gasteiger partial charge < -0.3 is 9.90 Å². The van der Waals surface area contributed by atoms with E-state index in [4.69, 9.17) is 0 Å². The van der Waals surface area contributed by atoms with Crippen molar-refractivity contribution in [2.45, 2.75) is 6.42 Å². The van der Waals surface area contributed by atoms with Gasteiger partial charge in [0.05, 0.1) is 18.8 Å². The van der Waals surface area contributed by atoms with Crippen molar-refractivity contribution in [2.24, 2.45) is 0 Å². The lowest BCUT2D eigenvalue weighted by atomic mass is 10.1. The number of hydrogen-bond acceptors (Lipinski definition) is 4. The average molecular weight is 256 g/mol. The molecule has 0 fully saturated rings. The molecule has 0 saturated carbocycles. The minimum atomic E-state index is -3.52. The van der Waals surface area contributed by atoms with Crippen molar-refractivity contribution in [1.82, 2.24) is 4.31 Å². The number of carbonyl (C=O) groups excluding carboxylic acids is 1. The summed E-state index contributed by atoms with van der Waals surface area (Å²) in [4.78, 5) is 10.5. The minimum absolute atomic E-state index is 0.136. The molecular formula is C11H14NO4S-. The van der Waals surface area contributed by atoms with E-state index in [2.05, 4.69) is 0 Å². The van der Waals surface area contributed by atoms with Gasteiger partial charge in [-0.2, -0.15) is 4.31 Å². The number of benzene rings is 1. The summed E-state index contributed by atoms with van der Waals surface area (Å²) in [5.41, 5.74) is 0.958. The number of rotatable bonds is 6. The largest absolute Gasteiger partial charge is 0.549 e. The maximum atomic E-state index is 11.3. The molecule has 0 N–H and O–H groups in total. The van der Waals surface area contributed by atoms with Crippen molar-refractivity contribution in [2.75, 3.05) is 19.3 Å². The first-order valence-corrected chi connectivity index (χ1v) is 6.93. The molecule has 5 nitrogen and oxygen atoms in total. The lowest BCUT2D eigenvalue weighted by Gasteiger charge is -2.20. The Kier molecular flexibility index (Phi) is 4.65. The van der Waals surface area contributed by atoms with E-state index in [1.54, 1.807) is 0 Å². The van der Waals surface area contributed by atoms with Crippen LogP contribution in [0.1, 0.15) is 5.56 Å². The van der Waals surface area contributed by atoms with E-state index in [-0.39, 0.29) is 6.54 Å². The molecule has 6 heteroatoms. The zero-order valence-corrected chi connectivity index (χ0v) is 10.3. The van der Waals surface area contributed by atoms with Gasteiger partial charge in [-0.25, -0.2) is 8.42 Å². The summed E-state index contributed by atoms with van der Waals surface area (Å²) in [6.45, 7) is -0.470. The molecule has 1 aromatic carbocycles. The number of carboxylic acids is 1. The van der Waals surface area contributed by atoms with Crippen LogP contribution in [0.5, 0.6) is 0 Å². The van der Waals surface area contributed by atoms with Crippen molar-refractivity contribution < 1.29 is 18.3 Å². The molecule has 0 aliphatic rings. The van der Waals surface area contributed by atoms with Crippen LogP contribution in [0.3, 0.4) is 0 Å². The van der Waals surface area contributed by atoms with Crippen molar-refractivity contribution in [1.29, 1.82) is 0 Å². The third kappa shape index (κ3) is 4.97. The number of aliphatic carboxylic acids is 1. The third-order valence-electron chi connectivity index (χ3n) is 2.27. The second kappa shape index (κ2) is 5.79. The maximum Gasteiger partial charge on any atom is 0.211 e. The Bertz CT molecular complexity index is 470. The van der Waals surface area contributed by atoms with Gasteiger partial charge in [-0.05, 0) is 12.0 Å². The topological polar surface area (TPSA) is 77.5 Å². The van der Waals surface area contributed by atoms with Gasteiger partial charge in [-0.1, -0.05) is 30.3 Å². The van der Waals surface area contributed by atoms with Crippen LogP contribution in [0.4, 0.5) is 0 Å². The summed E-state index contributed by atoms with van der Waals surface area (Å²) >= 11 is 0. The van der Waals surface area contributed by atoms with Gasteiger partial charge in [0.1, 0.15) is 0 Å². The fourth-order valence-electron chi connectivity index (χ4n) is 1.40. The molecule has 1 rings (SSSR count). The van der Waals surface area contributed by atoms with Crippen molar-refractivity contribution in [3.63, 3.8) is 0 Å². The highest BCUT2D eigenvalue weighted by Crippen LogP contribution is 2.04. The van der Waals surface area contributed by atoms with E-state index in [0.29, 0.717) is 6.42 Å². The second-order valence-corrected chi connectivity index (χ2v) is 5.69. The van der Waals surface area contributed by atoms with Crippen molar-refractivity contribution in [3.05, 3.63) is 35.9 Å². The molecule has 0 saturated heterocycles. The van der Waals surface area contributed by atoms with Gasteiger partial charge in [0.15, 0.2) is 0 Å². The van der Waals surface area contributed by atoms with Crippen LogP contribution in [-0.2, 0) is 21.2 Å². The number of nitrogens with zero attached hydrogens (tertiary/aromatic N) is 1. The van der Waals surface area contributed by atoms with Crippen LogP contribution in [0.2, 0.25) is 0 Å². The Morgan fingerprint density at radius 2 is 1.88 bits per heavy atom. The van der Waals surface area contributed by atoms with E-state index in [1.165, 1.54) is 0 Å². The maximum absolute atomic E-state index is 11.3. The summed E-state index contributed by atoms with van der Waals surface area (Å²) < 4.78 is 23.5. The van der Waals surface area contributed by atoms with Crippen LogP contribution < -0.4 is 5.11 Å². The molecule has 0 amide bonds. The van der Waals surface area contributed by atoms with Gasteiger partial charge in [0, 0.05) is 6.54 Å². The zero-order valence-electron chi connectivity index (χ0n) is 9.50. The predicted octanol–water partition coefficient (Wildman–Crippen LogP) is -0.759. The second-order valence-electron chi connectivity index (χ2n) is 3.70. The quantitative estimate of drug-likeness (QED) is 0.670. The molecule has 0 bridgehead atoms. The van der Waals surface area contributed by atoms with E-state index in [1.807, 2.05) is 30.3 Å². The van der Waals surface area contributed by atoms with Crippen molar-refractivity contribution >= 4 is 16.0 Å². The number of carboxylic acid groups (broad SMARTS) is 1. The van der Waals surface area contributed by atoms with E-state index >= 15 is 0 Å². The lowest BCUT2D eigenvalue weighted by molar-refractivity contribution is -0.305. The van der Waals surface area contributed by atoms with E-state index in [0.717, 1.165) is 16.1 Å². The number of sulfonamides is 1. The highest BCUT2D eigenvalue weighted by molar-refractivity contribution is 7.88. The fourth-order valence-corrected chi connectivity index (χ4v) is 2.17. The van der Waals surface area contributed by atoms with Crippen LogP contribution in [0.15, 0.2) is 30.3 Å². The first-order chi connectivity index (χ1) is 7.89. The van der Waals surface area contributed by atoms with Crippen LogP contribution in [-0.4, -0.2) is 38.0 Å². The Morgan fingerprint density at radius 3 is 2.35 bits per heavy atom. The van der Waals surface area contributed by atoms with Gasteiger partial charge in [0.2, 0.25) is 10.0 Å². The molecule has 0 aliphatic heterocycles. The molecule has 94 valence electrons. The minimum Gasteiger partial charge on any atom is -0.549 e. The average Bonchev–Trinajstić information content (AvgIpc) is 2.23. The summed E-state index contributed by atoms with van der Waals surface area (Å²) in [7, 11) is -3.52. The molecular weight excluding hydrogens is 242 g/mol. The first-order valence-electron chi connectivity index (χ1n) is 5.08. The number of carbonyl (C=O) groups is 1. The third-order valence-corrected chi connectivity index (χ3v) is 3.52. The molecule has 17 heavy (non-hydrogen) atoms. The lowest BCUT2D eigenvalue weighted by Crippen LogP contribution is -2.42. The molecule has 0 aromatic heterocycles. The fraction of sp³-hybridized carbons (Fsp3) is 0.364. The van der Waals surface area contributed by atoms with Crippen molar-refractivity contribution in [3.8, 4) is 0 Å². The Balaban J connectivity index is 2.65. The van der Waals surface area contributed by atoms with E-state index < -0.39 is 22.5 Å². The summed E-state index contributed by atoms with van der Waals surface area (Å²) in [6, 6.07) is 9.27.